The highest BCUT2D eigenvalue weighted by atomic mass is 16.5. The molecule has 1 heterocycles. The number of para-hydroxylation sites is 1. The molecule has 1 aromatic heterocycles. The number of carbonyl (C=O) groups excluding carboxylic acids is 2. The fourth-order valence-electron chi connectivity index (χ4n) is 3.33. The first-order valence-electron chi connectivity index (χ1n) is 9.48. The van der Waals surface area contributed by atoms with Gasteiger partial charge in [-0.05, 0) is 44.4 Å². The van der Waals surface area contributed by atoms with Crippen LogP contribution in [-0.4, -0.2) is 37.1 Å². The van der Waals surface area contributed by atoms with Gasteiger partial charge in [-0.1, -0.05) is 19.1 Å². The Morgan fingerprint density at radius 2 is 1.86 bits per heavy atom. The summed E-state index contributed by atoms with van der Waals surface area (Å²) in [6, 6.07) is 7.39. The summed E-state index contributed by atoms with van der Waals surface area (Å²) in [6.07, 6.45) is 1.59. The van der Waals surface area contributed by atoms with E-state index in [1.807, 2.05) is 32.0 Å². The normalized spacial score (nSPS) is 10.6. The molecule has 0 N–H and O–H groups in total. The van der Waals surface area contributed by atoms with Gasteiger partial charge < -0.3 is 18.8 Å². The molecule has 0 aliphatic carbocycles. The summed E-state index contributed by atoms with van der Waals surface area (Å²) in [7, 11) is 3.13. The van der Waals surface area contributed by atoms with E-state index in [9.17, 15) is 9.59 Å². The lowest BCUT2D eigenvalue weighted by molar-refractivity contribution is -0.142. The monoisotopic (exact) mass is 387 g/mol. The van der Waals surface area contributed by atoms with E-state index >= 15 is 0 Å². The summed E-state index contributed by atoms with van der Waals surface area (Å²) in [5.74, 6) is 0.631. The number of Topliss-reactive ketones (excluding diaryl/α,β-unsaturated/α-hetero) is 1. The molecule has 6 nitrogen and oxygen atoms in total. The van der Waals surface area contributed by atoms with Gasteiger partial charge in [-0.15, -0.1) is 0 Å². The molecule has 0 saturated carbocycles. The van der Waals surface area contributed by atoms with Gasteiger partial charge in [0.15, 0.2) is 18.1 Å². The lowest BCUT2D eigenvalue weighted by atomic mass is 10.1. The van der Waals surface area contributed by atoms with Crippen LogP contribution in [0.2, 0.25) is 0 Å². The molecule has 0 radical (unpaired) electrons. The molecule has 0 fully saturated rings. The number of methoxy groups -OCH3 is 2. The van der Waals surface area contributed by atoms with Gasteiger partial charge in [0, 0.05) is 29.9 Å². The molecule has 0 spiro atoms. The van der Waals surface area contributed by atoms with Crippen molar-refractivity contribution in [1.82, 2.24) is 4.57 Å². The van der Waals surface area contributed by atoms with Crippen LogP contribution in [0.3, 0.4) is 0 Å². The van der Waals surface area contributed by atoms with Crippen LogP contribution in [0.15, 0.2) is 24.3 Å². The molecule has 2 aromatic rings. The van der Waals surface area contributed by atoms with E-state index in [0.29, 0.717) is 23.5 Å². The number of ketones is 1. The predicted molar refractivity (Wildman–Crippen MR) is 107 cm³/mol. The van der Waals surface area contributed by atoms with Crippen molar-refractivity contribution in [2.24, 2.45) is 0 Å². The zero-order valence-corrected chi connectivity index (χ0v) is 17.3. The number of esters is 1. The standard InChI is InChI=1S/C22H29NO5/c1-6-12-23-15(2)13-18(16(23)3)19(24)14-28-21(25)11-10-17-8-7-9-20(26-4)22(17)27-5/h7-9,13H,6,10-12,14H2,1-5H3. The minimum Gasteiger partial charge on any atom is -0.493 e. The Labute approximate surface area is 166 Å². The maximum atomic E-state index is 12.5. The molecule has 0 atom stereocenters. The van der Waals surface area contributed by atoms with Gasteiger partial charge in [0.2, 0.25) is 5.78 Å². The number of hydrogen-bond donors (Lipinski definition) is 0. The van der Waals surface area contributed by atoms with Crippen LogP contribution in [0.5, 0.6) is 11.5 Å². The van der Waals surface area contributed by atoms with E-state index in [0.717, 1.165) is 29.9 Å². The number of aryl methyl sites for hydroxylation is 2. The quantitative estimate of drug-likeness (QED) is 0.457. The van der Waals surface area contributed by atoms with Gasteiger partial charge in [0.05, 0.1) is 14.2 Å². The number of nitrogens with zero attached hydrogens (tertiary/aromatic N) is 1. The first-order valence-corrected chi connectivity index (χ1v) is 9.48. The molecule has 28 heavy (non-hydrogen) atoms. The summed E-state index contributed by atoms with van der Waals surface area (Å²) in [6.45, 7) is 6.62. The van der Waals surface area contributed by atoms with Crippen molar-refractivity contribution < 1.29 is 23.8 Å². The minimum absolute atomic E-state index is 0.158. The Hall–Kier alpha value is -2.76. The van der Waals surface area contributed by atoms with Crippen LogP contribution in [0, 0.1) is 13.8 Å². The smallest absolute Gasteiger partial charge is 0.306 e. The molecular weight excluding hydrogens is 358 g/mol. The first-order chi connectivity index (χ1) is 13.4. The Morgan fingerprint density at radius 1 is 1.11 bits per heavy atom. The highest BCUT2D eigenvalue weighted by molar-refractivity contribution is 5.99. The van der Waals surface area contributed by atoms with Crippen molar-refractivity contribution in [3.8, 4) is 11.5 Å². The zero-order chi connectivity index (χ0) is 20.7. The van der Waals surface area contributed by atoms with Gasteiger partial charge >= 0.3 is 5.97 Å². The average molecular weight is 387 g/mol. The number of rotatable bonds is 10. The van der Waals surface area contributed by atoms with Gasteiger partial charge in [0.1, 0.15) is 0 Å². The number of carbonyl (C=O) groups is 2. The number of aromatic nitrogens is 1. The topological polar surface area (TPSA) is 66.8 Å². The molecular formula is C22H29NO5. The van der Waals surface area contributed by atoms with Crippen molar-refractivity contribution in [1.29, 1.82) is 0 Å². The molecule has 0 saturated heterocycles. The summed E-state index contributed by atoms with van der Waals surface area (Å²) in [5.41, 5.74) is 3.43. The molecule has 2 rings (SSSR count). The second-order valence-electron chi connectivity index (χ2n) is 6.67. The van der Waals surface area contributed by atoms with Crippen LogP contribution in [0.4, 0.5) is 0 Å². The van der Waals surface area contributed by atoms with Gasteiger partial charge in [-0.25, -0.2) is 0 Å². The molecule has 0 bridgehead atoms. The maximum absolute atomic E-state index is 12.5. The van der Waals surface area contributed by atoms with E-state index in [4.69, 9.17) is 14.2 Å². The van der Waals surface area contributed by atoms with E-state index in [1.54, 1.807) is 20.3 Å². The largest absolute Gasteiger partial charge is 0.493 e. The fraction of sp³-hybridized carbons (Fsp3) is 0.455. The lowest BCUT2D eigenvalue weighted by Gasteiger charge is -2.12. The Balaban J connectivity index is 1.93. The van der Waals surface area contributed by atoms with E-state index in [1.165, 1.54) is 0 Å². The van der Waals surface area contributed by atoms with E-state index in [2.05, 4.69) is 11.5 Å². The van der Waals surface area contributed by atoms with Crippen molar-refractivity contribution in [2.45, 2.75) is 46.6 Å². The summed E-state index contributed by atoms with van der Waals surface area (Å²) in [5, 5.41) is 0. The molecule has 0 aliphatic rings. The number of ether oxygens (including phenoxy) is 3. The second-order valence-corrected chi connectivity index (χ2v) is 6.67. The summed E-state index contributed by atoms with van der Waals surface area (Å²) in [4.78, 5) is 24.6. The van der Waals surface area contributed by atoms with Crippen molar-refractivity contribution in [3.63, 3.8) is 0 Å². The zero-order valence-electron chi connectivity index (χ0n) is 17.3. The van der Waals surface area contributed by atoms with Gasteiger partial charge in [-0.2, -0.15) is 0 Å². The van der Waals surface area contributed by atoms with Crippen molar-refractivity contribution in [2.75, 3.05) is 20.8 Å². The number of benzene rings is 1. The Morgan fingerprint density at radius 3 is 2.50 bits per heavy atom. The molecule has 0 unspecified atom stereocenters. The predicted octanol–water partition coefficient (Wildman–Crippen LogP) is 3.89. The molecule has 0 amide bonds. The Bertz CT molecular complexity index is 838. The first kappa shape index (κ1) is 21.5. The van der Waals surface area contributed by atoms with E-state index < -0.39 is 5.97 Å². The molecule has 1 aromatic carbocycles. The van der Waals surface area contributed by atoms with Gasteiger partial charge in [-0.3, -0.25) is 9.59 Å². The number of hydrogen-bond acceptors (Lipinski definition) is 5. The lowest BCUT2D eigenvalue weighted by Crippen LogP contribution is -2.15. The van der Waals surface area contributed by atoms with Crippen LogP contribution < -0.4 is 9.47 Å². The maximum Gasteiger partial charge on any atom is 0.306 e. The highest BCUT2D eigenvalue weighted by Gasteiger charge is 2.17. The van der Waals surface area contributed by atoms with Crippen LogP contribution in [-0.2, 0) is 22.5 Å². The second kappa shape index (κ2) is 9.97. The molecule has 6 heteroatoms. The minimum atomic E-state index is -0.416. The van der Waals surface area contributed by atoms with Crippen molar-refractivity contribution in [3.05, 3.63) is 46.8 Å². The highest BCUT2D eigenvalue weighted by Crippen LogP contribution is 2.31. The third-order valence-electron chi connectivity index (χ3n) is 4.77. The molecule has 0 aliphatic heterocycles. The third-order valence-corrected chi connectivity index (χ3v) is 4.77. The third kappa shape index (κ3) is 4.94. The average Bonchev–Trinajstić information content (AvgIpc) is 2.98. The summed E-state index contributed by atoms with van der Waals surface area (Å²) < 4.78 is 18.0. The Kier molecular flexibility index (Phi) is 7.67. The van der Waals surface area contributed by atoms with Crippen LogP contribution >= 0.6 is 0 Å². The fourth-order valence-corrected chi connectivity index (χ4v) is 3.33. The molecule has 152 valence electrons. The van der Waals surface area contributed by atoms with Crippen molar-refractivity contribution >= 4 is 11.8 Å². The van der Waals surface area contributed by atoms with E-state index in [-0.39, 0.29) is 18.8 Å². The van der Waals surface area contributed by atoms with Crippen LogP contribution in [0.25, 0.3) is 0 Å². The summed E-state index contributed by atoms with van der Waals surface area (Å²) >= 11 is 0. The van der Waals surface area contributed by atoms with Crippen LogP contribution in [0.1, 0.15) is 47.1 Å². The van der Waals surface area contributed by atoms with Gasteiger partial charge in [0.25, 0.3) is 0 Å². The SMILES string of the molecule is CCCn1c(C)cc(C(=O)COC(=O)CCc2cccc(OC)c2OC)c1C.